The van der Waals surface area contributed by atoms with Crippen molar-refractivity contribution in [1.82, 2.24) is 0 Å². The number of unbranched alkanes of at least 4 members (excludes halogenated alkanes) is 5. The molecule has 0 amide bonds. The summed E-state index contributed by atoms with van der Waals surface area (Å²) in [7, 11) is 1.55. The number of aliphatic hydroxyl groups excluding tert-OH is 1. The van der Waals surface area contributed by atoms with E-state index in [2.05, 4.69) is 6.92 Å². The van der Waals surface area contributed by atoms with Crippen molar-refractivity contribution in [3.05, 3.63) is 53.8 Å². The van der Waals surface area contributed by atoms with Crippen molar-refractivity contribution in [1.29, 1.82) is 0 Å². The molecule has 132 valence electrons. The van der Waals surface area contributed by atoms with Gasteiger partial charge in [0.25, 0.3) is 0 Å². The average molecular weight is 330 g/mol. The summed E-state index contributed by atoms with van der Waals surface area (Å²) in [4.78, 5) is 0. The average Bonchev–Trinajstić information content (AvgIpc) is 2.61. The summed E-state index contributed by atoms with van der Waals surface area (Å²) in [5.41, 5.74) is 0.568. The van der Waals surface area contributed by atoms with Crippen LogP contribution in [0.15, 0.2) is 48.2 Å². The molecule has 1 aromatic carbocycles. The van der Waals surface area contributed by atoms with Gasteiger partial charge in [0.15, 0.2) is 5.60 Å². The van der Waals surface area contributed by atoms with Crippen LogP contribution in [0.25, 0.3) is 5.57 Å². The van der Waals surface area contributed by atoms with Gasteiger partial charge in [0.2, 0.25) is 0 Å². The minimum atomic E-state index is -1.32. The zero-order chi connectivity index (χ0) is 17.4. The van der Waals surface area contributed by atoms with Crippen LogP contribution >= 0.6 is 0 Å². The third kappa shape index (κ3) is 4.49. The van der Waals surface area contributed by atoms with Crippen LogP contribution < -0.4 is 0 Å². The number of allylic oxidation sites excluding steroid dienone is 2. The van der Waals surface area contributed by atoms with Gasteiger partial charge in [-0.25, -0.2) is 0 Å². The van der Waals surface area contributed by atoms with Crippen molar-refractivity contribution in [2.75, 3.05) is 7.11 Å². The standard InChI is InChI=1S/C21H30O3/c1-3-4-5-6-7-11-14-21(23)19(22)15-18(16-20(21)24-2)17-12-9-8-10-13-17/h8-10,12-13,15-16,19,22-23H,3-7,11,14H2,1-2H3. The van der Waals surface area contributed by atoms with Gasteiger partial charge in [0.1, 0.15) is 11.9 Å². The lowest BCUT2D eigenvalue weighted by Gasteiger charge is -2.36. The maximum Gasteiger partial charge on any atom is 0.151 e. The zero-order valence-corrected chi connectivity index (χ0v) is 14.9. The van der Waals surface area contributed by atoms with E-state index in [-0.39, 0.29) is 0 Å². The summed E-state index contributed by atoms with van der Waals surface area (Å²) in [6.45, 7) is 2.20. The van der Waals surface area contributed by atoms with Crippen LogP contribution in [0.5, 0.6) is 0 Å². The molecule has 1 aliphatic carbocycles. The molecule has 0 saturated carbocycles. The molecule has 0 fully saturated rings. The molecule has 24 heavy (non-hydrogen) atoms. The number of aliphatic hydroxyl groups is 2. The Morgan fingerprint density at radius 2 is 1.71 bits per heavy atom. The summed E-state index contributed by atoms with van der Waals surface area (Å²) in [5, 5.41) is 21.5. The molecule has 0 radical (unpaired) electrons. The topological polar surface area (TPSA) is 49.7 Å². The van der Waals surface area contributed by atoms with Crippen LogP contribution in [-0.2, 0) is 4.74 Å². The Morgan fingerprint density at radius 1 is 1.04 bits per heavy atom. The maximum atomic E-state index is 11.0. The summed E-state index contributed by atoms with van der Waals surface area (Å²) in [6, 6.07) is 9.85. The first-order valence-electron chi connectivity index (χ1n) is 9.05. The first-order chi connectivity index (χ1) is 11.6. The minimum Gasteiger partial charge on any atom is -0.498 e. The van der Waals surface area contributed by atoms with Crippen LogP contribution in [0.3, 0.4) is 0 Å². The molecule has 0 saturated heterocycles. The van der Waals surface area contributed by atoms with Crippen molar-refractivity contribution in [3.63, 3.8) is 0 Å². The van der Waals surface area contributed by atoms with E-state index in [1.165, 1.54) is 25.7 Å². The molecule has 2 rings (SSSR count). The first kappa shape index (κ1) is 18.8. The van der Waals surface area contributed by atoms with Crippen LogP contribution in [0, 0.1) is 0 Å². The lowest BCUT2D eigenvalue weighted by atomic mass is 9.81. The molecule has 1 aromatic rings. The summed E-state index contributed by atoms with van der Waals surface area (Å²) >= 11 is 0. The van der Waals surface area contributed by atoms with Gasteiger partial charge in [0, 0.05) is 0 Å². The molecule has 2 atom stereocenters. The molecular weight excluding hydrogens is 300 g/mol. The third-order valence-electron chi connectivity index (χ3n) is 4.78. The molecule has 0 heterocycles. The highest BCUT2D eigenvalue weighted by Crippen LogP contribution is 2.36. The van der Waals surface area contributed by atoms with Gasteiger partial charge in [-0.3, -0.25) is 0 Å². The Balaban J connectivity index is 2.03. The van der Waals surface area contributed by atoms with Crippen LogP contribution in [0.4, 0.5) is 0 Å². The SMILES string of the molecule is CCCCCCCCC1(O)C(OC)=CC(c2ccccc2)=CC1O. The van der Waals surface area contributed by atoms with Gasteiger partial charge in [-0.15, -0.1) is 0 Å². The lowest BCUT2D eigenvalue weighted by molar-refractivity contribution is -0.0641. The van der Waals surface area contributed by atoms with Gasteiger partial charge in [0.05, 0.1) is 7.11 Å². The van der Waals surface area contributed by atoms with Crippen LogP contribution in [0.2, 0.25) is 0 Å². The minimum absolute atomic E-state index is 0.449. The van der Waals surface area contributed by atoms with Gasteiger partial charge in [-0.05, 0) is 36.1 Å². The largest absolute Gasteiger partial charge is 0.498 e. The number of hydrogen-bond acceptors (Lipinski definition) is 3. The Labute approximate surface area is 145 Å². The Bertz CT molecular complexity index is 562. The number of benzene rings is 1. The number of ether oxygens (including phenoxy) is 1. The fourth-order valence-corrected chi connectivity index (χ4v) is 3.26. The van der Waals surface area contributed by atoms with E-state index in [0.717, 1.165) is 24.0 Å². The predicted molar refractivity (Wildman–Crippen MR) is 98.5 cm³/mol. The second-order valence-corrected chi connectivity index (χ2v) is 6.59. The molecule has 3 nitrogen and oxygen atoms in total. The van der Waals surface area contributed by atoms with Crippen molar-refractivity contribution in [2.24, 2.45) is 0 Å². The van der Waals surface area contributed by atoms with E-state index in [4.69, 9.17) is 4.74 Å². The van der Waals surface area contributed by atoms with E-state index in [1.807, 2.05) is 36.4 Å². The Kier molecular flexibility index (Phi) is 7.07. The van der Waals surface area contributed by atoms with E-state index >= 15 is 0 Å². The van der Waals surface area contributed by atoms with Crippen molar-refractivity contribution >= 4 is 5.57 Å². The smallest absolute Gasteiger partial charge is 0.151 e. The predicted octanol–water partition coefficient (Wildman–Crippen LogP) is 4.46. The molecule has 0 aromatic heterocycles. The fourth-order valence-electron chi connectivity index (χ4n) is 3.26. The molecule has 2 unspecified atom stereocenters. The van der Waals surface area contributed by atoms with Crippen LogP contribution in [-0.4, -0.2) is 29.0 Å². The zero-order valence-electron chi connectivity index (χ0n) is 14.9. The van der Waals surface area contributed by atoms with E-state index < -0.39 is 11.7 Å². The number of rotatable bonds is 9. The monoisotopic (exact) mass is 330 g/mol. The highest BCUT2D eigenvalue weighted by molar-refractivity contribution is 5.76. The lowest BCUT2D eigenvalue weighted by Crippen LogP contribution is -2.45. The quantitative estimate of drug-likeness (QED) is 0.657. The van der Waals surface area contributed by atoms with Crippen molar-refractivity contribution in [3.8, 4) is 0 Å². The second-order valence-electron chi connectivity index (χ2n) is 6.59. The maximum absolute atomic E-state index is 11.0. The summed E-state index contributed by atoms with van der Waals surface area (Å²) in [6.07, 6.45) is 9.99. The second kappa shape index (κ2) is 9.05. The number of hydrogen-bond donors (Lipinski definition) is 2. The first-order valence-corrected chi connectivity index (χ1v) is 9.05. The molecular formula is C21H30O3. The highest BCUT2D eigenvalue weighted by Gasteiger charge is 2.41. The molecule has 3 heteroatoms. The van der Waals surface area contributed by atoms with Gasteiger partial charge < -0.3 is 14.9 Å². The van der Waals surface area contributed by atoms with Crippen molar-refractivity contribution in [2.45, 2.75) is 63.6 Å². The number of methoxy groups -OCH3 is 1. The Morgan fingerprint density at radius 3 is 2.38 bits per heavy atom. The molecule has 0 aliphatic heterocycles. The van der Waals surface area contributed by atoms with E-state index in [9.17, 15) is 10.2 Å². The van der Waals surface area contributed by atoms with Gasteiger partial charge in [-0.1, -0.05) is 69.4 Å². The van der Waals surface area contributed by atoms with Crippen molar-refractivity contribution < 1.29 is 14.9 Å². The molecule has 0 bridgehead atoms. The highest BCUT2D eigenvalue weighted by atomic mass is 16.5. The fraction of sp³-hybridized carbons (Fsp3) is 0.524. The third-order valence-corrected chi connectivity index (χ3v) is 4.78. The molecule has 0 spiro atoms. The van der Waals surface area contributed by atoms with Gasteiger partial charge >= 0.3 is 0 Å². The van der Waals surface area contributed by atoms with Gasteiger partial charge in [-0.2, -0.15) is 0 Å². The summed E-state index contributed by atoms with van der Waals surface area (Å²) in [5.74, 6) is 0.449. The Hall–Kier alpha value is -1.58. The molecule has 2 N–H and O–H groups in total. The normalized spacial score (nSPS) is 23.6. The van der Waals surface area contributed by atoms with Crippen LogP contribution in [0.1, 0.15) is 57.4 Å². The van der Waals surface area contributed by atoms with E-state index in [0.29, 0.717) is 12.2 Å². The summed E-state index contributed by atoms with van der Waals surface area (Å²) < 4.78 is 5.43. The van der Waals surface area contributed by atoms with E-state index in [1.54, 1.807) is 13.2 Å². The molecule has 1 aliphatic rings.